The number of hydroxylamine groups is 1. The minimum atomic E-state index is -4.22. The van der Waals surface area contributed by atoms with Crippen molar-refractivity contribution in [2.24, 2.45) is 16.7 Å². The fourth-order valence-electron chi connectivity index (χ4n) is 5.35. The van der Waals surface area contributed by atoms with Gasteiger partial charge in [-0.2, -0.15) is 4.72 Å². The Balaban J connectivity index is 1.75. The molecule has 0 heterocycles. The first-order valence-electron chi connectivity index (χ1n) is 11.5. The number of fused-ring (bicyclic) bond motifs is 2. The van der Waals surface area contributed by atoms with Crippen LogP contribution in [0.3, 0.4) is 0 Å². The van der Waals surface area contributed by atoms with Gasteiger partial charge in [0.15, 0.2) is 0 Å². The van der Waals surface area contributed by atoms with E-state index in [0.29, 0.717) is 12.8 Å². The van der Waals surface area contributed by atoms with Crippen molar-refractivity contribution in [1.29, 1.82) is 0 Å². The van der Waals surface area contributed by atoms with Crippen LogP contribution in [-0.2, 0) is 35.1 Å². The van der Waals surface area contributed by atoms with Gasteiger partial charge in [0.25, 0.3) is 5.91 Å². The average Bonchev–Trinajstić information content (AvgIpc) is 3.09. The van der Waals surface area contributed by atoms with E-state index in [-0.39, 0.29) is 22.0 Å². The molecule has 3 rings (SSSR count). The molecule has 3 unspecified atom stereocenters. The van der Waals surface area contributed by atoms with E-state index in [2.05, 4.69) is 9.44 Å². The second-order valence-corrected chi connectivity index (χ2v) is 14.7. The lowest BCUT2D eigenvalue weighted by atomic mass is 9.70. The van der Waals surface area contributed by atoms with Crippen molar-refractivity contribution < 1.29 is 31.6 Å². The van der Waals surface area contributed by atoms with E-state index in [0.717, 1.165) is 12.0 Å². The van der Waals surface area contributed by atoms with E-state index in [1.807, 2.05) is 34.6 Å². The zero-order chi connectivity index (χ0) is 26.4. The first-order valence-corrected chi connectivity index (χ1v) is 14.7. The Hall–Kier alpha value is -1.86. The van der Waals surface area contributed by atoms with Gasteiger partial charge in [0.2, 0.25) is 20.0 Å². The monoisotopic (exact) mass is 529 g/mol. The molecule has 2 aliphatic carbocycles. The predicted octanol–water partition coefficient (Wildman–Crippen LogP) is 1.45. The quantitative estimate of drug-likeness (QED) is 0.278. The Labute approximate surface area is 207 Å². The minimum Gasteiger partial charge on any atom is -0.299 e. The number of rotatable bonds is 9. The lowest BCUT2D eigenvalue weighted by Gasteiger charge is -2.36. The summed E-state index contributed by atoms with van der Waals surface area (Å²) in [6.07, 6.45) is 1.60. The Morgan fingerprint density at radius 1 is 1.14 bits per heavy atom. The second kappa shape index (κ2) is 9.22. The lowest BCUT2D eigenvalue weighted by Crippen LogP contribution is -2.53. The van der Waals surface area contributed by atoms with Crippen LogP contribution >= 0.6 is 0 Å². The maximum absolute atomic E-state index is 13.0. The third-order valence-corrected chi connectivity index (χ3v) is 10.8. The summed E-state index contributed by atoms with van der Waals surface area (Å²) in [6, 6.07) is 4.48. The Morgan fingerprint density at radius 2 is 1.74 bits per heavy atom. The van der Waals surface area contributed by atoms with Gasteiger partial charge in [0, 0.05) is 18.4 Å². The van der Waals surface area contributed by atoms with Gasteiger partial charge in [-0.25, -0.2) is 27.0 Å². The van der Waals surface area contributed by atoms with Crippen molar-refractivity contribution in [1.82, 2.24) is 14.9 Å². The van der Waals surface area contributed by atoms with Crippen molar-refractivity contribution in [3.8, 4) is 0 Å². The van der Waals surface area contributed by atoms with Crippen molar-refractivity contribution in [2.75, 3.05) is 12.3 Å². The maximum Gasteiger partial charge on any atom is 0.262 e. The molecule has 3 atom stereocenters. The van der Waals surface area contributed by atoms with Gasteiger partial charge in [0.05, 0.1) is 10.6 Å². The Kier molecular flexibility index (Phi) is 7.30. The summed E-state index contributed by atoms with van der Waals surface area (Å²) >= 11 is 0. The molecule has 2 bridgehead atoms. The molecule has 10 nitrogen and oxygen atoms in total. The van der Waals surface area contributed by atoms with Crippen LogP contribution in [-0.4, -0.2) is 52.1 Å². The van der Waals surface area contributed by atoms with Gasteiger partial charge in [-0.1, -0.05) is 46.8 Å². The first kappa shape index (κ1) is 27.7. The summed E-state index contributed by atoms with van der Waals surface area (Å²) in [4.78, 5) is 24.8. The fraction of sp³-hybridized carbons (Fsp3) is 0.652. The molecule has 0 spiro atoms. The molecule has 1 aromatic carbocycles. The molecule has 2 saturated carbocycles. The van der Waals surface area contributed by atoms with Crippen molar-refractivity contribution in [3.63, 3.8) is 0 Å². The zero-order valence-corrected chi connectivity index (χ0v) is 22.3. The lowest BCUT2D eigenvalue weighted by molar-refractivity contribution is -0.130. The van der Waals surface area contributed by atoms with Crippen molar-refractivity contribution in [2.45, 2.75) is 70.2 Å². The summed E-state index contributed by atoms with van der Waals surface area (Å²) < 4.78 is 56.0. The minimum absolute atomic E-state index is 0.0758. The molecule has 0 aromatic heterocycles. The summed E-state index contributed by atoms with van der Waals surface area (Å²) in [7, 11) is -8.27. The van der Waals surface area contributed by atoms with Gasteiger partial charge >= 0.3 is 0 Å². The normalized spacial score (nSPS) is 25.0. The smallest absolute Gasteiger partial charge is 0.262 e. The molecule has 0 saturated heterocycles. The third kappa shape index (κ3) is 5.31. The molecule has 1 aromatic rings. The third-order valence-electron chi connectivity index (χ3n) is 7.84. The summed E-state index contributed by atoms with van der Waals surface area (Å²) in [5.74, 6) is -1.50. The van der Waals surface area contributed by atoms with Crippen LogP contribution in [0.5, 0.6) is 0 Å². The average molecular weight is 530 g/mol. The molecule has 2 aliphatic rings. The van der Waals surface area contributed by atoms with Crippen LogP contribution in [0.25, 0.3) is 0 Å². The van der Waals surface area contributed by atoms with Crippen LogP contribution in [0.4, 0.5) is 0 Å². The highest BCUT2D eigenvalue weighted by Crippen LogP contribution is 2.64. The van der Waals surface area contributed by atoms with Crippen LogP contribution in [0.2, 0.25) is 0 Å². The molecule has 1 amide bonds. The number of carbonyl (C=O) groups is 2. The van der Waals surface area contributed by atoms with Gasteiger partial charge in [-0.05, 0) is 47.3 Å². The molecule has 0 radical (unpaired) electrons. The number of ketones is 1. The van der Waals surface area contributed by atoms with E-state index in [1.165, 1.54) is 17.6 Å². The molecule has 2 fully saturated rings. The van der Waals surface area contributed by atoms with Gasteiger partial charge in [-0.15, -0.1) is 0 Å². The summed E-state index contributed by atoms with van der Waals surface area (Å²) in [6.45, 7) is 9.12. The maximum atomic E-state index is 13.0. The number of nitrogens with one attached hydrogen (secondary N) is 3. The SMILES string of the molecule is CC(C)(C)c1ccc(S(=O)(=O)NC(CNS(=O)(=O)CC23CCC(CC2=O)C3(C)C)C(=O)NO)cc1. The second-order valence-electron chi connectivity index (χ2n) is 11.2. The van der Waals surface area contributed by atoms with E-state index in [9.17, 15) is 26.4 Å². The highest BCUT2D eigenvalue weighted by Gasteiger charge is 2.65. The number of sulfonamides is 2. The van der Waals surface area contributed by atoms with Crippen LogP contribution in [0, 0.1) is 16.7 Å². The highest BCUT2D eigenvalue weighted by atomic mass is 32.2. The molecule has 4 N–H and O–H groups in total. The van der Waals surface area contributed by atoms with Crippen LogP contribution in [0.1, 0.15) is 59.4 Å². The molecule has 0 aliphatic heterocycles. The number of hydrogen-bond acceptors (Lipinski definition) is 7. The number of amides is 1. The zero-order valence-electron chi connectivity index (χ0n) is 20.7. The number of hydrogen-bond donors (Lipinski definition) is 4. The van der Waals surface area contributed by atoms with Gasteiger partial charge in [-0.3, -0.25) is 14.8 Å². The van der Waals surface area contributed by atoms with Crippen molar-refractivity contribution >= 4 is 31.7 Å². The van der Waals surface area contributed by atoms with E-state index < -0.39 is 55.1 Å². The fourth-order valence-corrected chi connectivity index (χ4v) is 8.39. The largest absolute Gasteiger partial charge is 0.299 e. The molecule has 12 heteroatoms. The van der Waals surface area contributed by atoms with E-state index >= 15 is 0 Å². The molecule has 35 heavy (non-hydrogen) atoms. The summed E-state index contributed by atoms with van der Waals surface area (Å²) in [5, 5.41) is 9.09. The van der Waals surface area contributed by atoms with Gasteiger partial charge in [0.1, 0.15) is 11.8 Å². The Bertz CT molecular complexity index is 1200. The van der Waals surface area contributed by atoms with Crippen molar-refractivity contribution in [3.05, 3.63) is 29.8 Å². The predicted molar refractivity (Wildman–Crippen MR) is 130 cm³/mol. The summed E-state index contributed by atoms with van der Waals surface area (Å²) in [5.41, 5.74) is 0.606. The standard InChI is InChI=1S/C23H35N3O7S2/c1-21(2,3)15-6-8-17(9-7-15)35(32,33)26-18(20(28)25-29)13-24-34(30,31)14-23-11-10-16(12-19(23)27)22(23,4)5/h6-9,16,18,24,26,29H,10-14H2,1-5H3,(H,25,28). The number of Topliss-reactive ketones (excluding diaryl/α,β-unsaturated/α-hetero) is 1. The van der Waals surface area contributed by atoms with E-state index in [1.54, 1.807) is 12.1 Å². The highest BCUT2D eigenvalue weighted by molar-refractivity contribution is 7.90. The van der Waals surface area contributed by atoms with E-state index in [4.69, 9.17) is 5.21 Å². The first-order chi connectivity index (χ1) is 16.0. The Morgan fingerprint density at radius 3 is 2.20 bits per heavy atom. The van der Waals surface area contributed by atoms with Crippen LogP contribution < -0.4 is 14.9 Å². The number of carbonyl (C=O) groups excluding carboxylic acids is 2. The van der Waals surface area contributed by atoms with Gasteiger partial charge < -0.3 is 0 Å². The topological polar surface area (TPSA) is 159 Å². The molecular weight excluding hydrogens is 494 g/mol. The molecule has 196 valence electrons. The molecular formula is C23H35N3O7S2. The number of benzene rings is 1. The van der Waals surface area contributed by atoms with Crippen LogP contribution in [0.15, 0.2) is 29.2 Å².